The number of carbonyl (C=O) groups excluding carboxylic acids is 2. The van der Waals surface area contributed by atoms with E-state index in [-0.39, 0.29) is 17.9 Å². The summed E-state index contributed by atoms with van der Waals surface area (Å²) in [6.07, 6.45) is 2.33. The van der Waals surface area contributed by atoms with Crippen molar-refractivity contribution in [3.8, 4) is 5.75 Å². The summed E-state index contributed by atoms with van der Waals surface area (Å²) < 4.78 is 5.28. The van der Waals surface area contributed by atoms with Crippen LogP contribution in [0.15, 0.2) is 65.4 Å². The molecule has 2 amide bonds. The Labute approximate surface area is 192 Å². The van der Waals surface area contributed by atoms with Crippen molar-refractivity contribution in [2.45, 2.75) is 18.9 Å². The maximum absolute atomic E-state index is 13.1. The van der Waals surface area contributed by atoms with Gasteiger partial charge in [0.15, 0.2) is 0 Å². The molecule has 6 nitrogen and oxygen atoms in total. The molecule has 0 spiro atoms. The van der Waals surface area contributed by atoms with E-state index in [4.69, 9.17) is 4.74 Å². The highest BCUT2D eigenvalue weighted by Crippen LogP contribution is 2.26. The molecule has 2 aromatic carbocycles. The molecule has 1 atom stereocenters. The highest BCUT2D eigenvalue weighted by Gasteiger charge is 2.24. The standard InChI is InChI=1S/C25H27N3O3S/c1-31-20-10-8-18(9-11-20)23(28-13-4-5-14-28)16-26-25(30)21-6-2-3-7-22(21)27-24(29)19-12-15-32-17-19/h2-3,6-12,15,17,23H,4-5,13-14,16H2,1H3,(H,26,30)(H,27,29). The second kappa shape index (κ2) is 10.4. The molecule has 4 rings (SSSR count). The number of rotatable bonds is 8. The number of likely N-dealkylation sites (tertiary alicyclic amines) is 1. The molecule has 2 heterocycles. The van der Waals surface area contributed by atoms with E-state index >= 15 is 0 Å². The van der Waals surface area contributed by atoms with Crippen LogP contribution in [0.3, 0.4) is 0 Å². The lowest BCUT2D eigenvalue weighted by Crippen LogP contribution is -2.37. The van der Waals surface area contributed by atoms with Gasteiger partial charge in [-0.05, 0) is 67.2 Å². The molecule has 166 valence electrons. The number of anilines is 1. The predicted octanol–water partition coefficient (Wildman–Crippen LogP) is 4.58. The summed E-state index contributed by atoms with van der Waals surface area (Å²) in [6.45, 7) is 2.51. The number of thiophene rings is 1. The van der Waals surface area contributed by atoms with Crippen molar-refractivity contribution >= 4 is 28.8 Å². The van der Waals surface area contributed by atoms with E-state index in [9.17, 15) is 9.59 Å². The largest absolute Gasteiger partial charge is 0.497 e. The van der Waals surface area contributed by atoms with Gasteiger partial charge in [-0.2, -0.15) is 11.3 Å². The molecule has 1 aliphatic rings. The topological polar surface area (TPSA) is 70.7 Å². The first-order chi connectivity index (χ1) is 15.7. The highest BCUT2D eigenvalue weighted by molar-refractivity contribution is 7.08. The second-order valence-corrected chi connectivity index (χ2v) is 8.53. The third kappa shape index (κ3) is 5.18. The molecule has 1 aromatic heterocycles. The van der Waals surface area contributed by atoms with E-state index in [0.717, 1.165) is 37.2 Å². The molecule has 1 aliphatic heterocycles. The summed E-state index contributed by atoms with van der Waals surface area (Å²) in [5.41, 5.74) is 2.68. The van der Waals surface area contributed by atoms with E-state index < -0.39 is 0 Å². The first-order valence-corrected chi connectivity index (χ1v) is 11.7. The van der Waals surface area contributed by atoms with Crippen molar-refractivity contribution in [3.63, 3.8) is 0 Å². The lowest BCUT2D eigenvalue weighted by atomic mass is 10.0. The summed E-state index contributed by atoms with van der Waals surface area (Å²) in [5, 5.41) is 9.59. The van der Waals surface area contributed by atoms with Gasteiger partial charge in [0.2, 0.25) is 0 Å². The van der Waals surface area contributed by atoms with Crippen molar-refractivity contribution in [2.24, 2.45) is 0 Å². The van der Waals surface area contributed by atoms with Crippen molar-refractivity contribution in [1.82, 2.24) is 10.2 Å². The van der Waals surface area contributed by atoms with Crippen LogP contribution in [0.5, 0.6) is 5.75 Å². The van der Waals surface area contributed by atoms with Crippen molar-refractivity contribution in [3.05, 3.63) is 82.0 Å². The number of para-hydroxylation sites is 1. The summed E-state index contributed by atoms with van der Waals surface area (Å²) in [4.78, 5) is 28.0. The van der Waals surface area contributed by atoms with Crippen LogP contribution in [-0.4, -0.2) is 43.5 Å². The van der Waals surface area contributed by atoms with Gasteiger partial charge in [0.25, 0.3) is 11.8 Å². The molecule has 0 radical (unpaired) electrons. The number of ether oxygens (including phenoxy) is 1. The van der Waals surface area contributed by atoms with Gasteiger partial charge in [0.1, 0.15) is 5.75 Å². The van der Waals surface area contributed by atoms with Gasteiger partial charge in [-0.3, -0.25) is 14.5 Å². The van der Waals surface area contributed by atoms with Gasteiger partial charge < -0.3 is 15.4 Å². The Bertz CT molecular complexity index is 1040. The van der Waals surface area contributed by atoms with Gasteiger partial charge in [-0.1, -0.05) is 24.3 Å². The molecule has 1 saturated heterocycles. The number of amides is 2. The van der Waals surface area contributed by atoms with Crippen LogP contribution in [0, 0.1) is 0 Å². The van der Waals surface area contributed by atoms with Gasteiger partial charge >= 0.3 is 0 Å². The molecular formula is C25H27N3O3S. The minimum atomic E-state index is -0.223. The molecule has 7 heteroatoms. The van der Waals surface area contributed by atoms with Crippen molar-refractivity contribution in [1.29, 1.82) is 0 Å². The Morgan fingerprint density at radius 3 is 2.47 bits per heavy atom. The minimum absolute atomic E-state index is 0.0833. The first kappa shape index (κ1) is 22.0. The van der Waals surface area contributed by atoms with Crippen LogP contribution in [0.1, 0.15) is 45.2 Å². The fraction of sp³-hybridized carbons (Fsp3) is 0.280. The summed E-state index contributed by atoms with van der Waals surface area (Å²) >= 11 is 1.46. The van der Waals surface area contributed by atoms with Crippen LogP contribution in [-0.2, 0) is 0 Å². The number of carbonyl (C=O) groups is 2. The predicted molar refractivity (Wildman–Crippen MR) is 128 cm³/mol. The zero-order valence-corrected chi connectivity index (χ0v) is 18.9. The highest BCUT2D eigenvalue weighted by atomic mass is 32.1. The van der Waals surface area contributed by atoms with E-state index in [1.165, 1.54) is 11.3 Å². The van der Waals surface area contributed by atoms with Crippen LogP contribution in [0.25, 0.3) is 0 Å². The van der Waals surface area contributed by atoms with E-state index in [0.29, 0.717) is 23.4 Å². The number of methoxy groups -OCH3 is 1. The quantitative estimate of drug-likeness (QED) is 0.528. The molecule has 1 fully saturated rings. The Kier molecular flexibility index (Phi) is 7.19. The molecular weight excluding hydrogens is 422 g/mol. The van der Waals surface area contributed by atoms with Gasteiger partial charge in [-0.25, -0.2) is 0 Å². The number of hydrogen-bond donors (Lipinski definition) is 2. The van der Waals surface area contributed by atoms with Crippen LogP contribution in [0.2, 0.25) is 0 Å². The zero-order chi connectivity index (χ0) is 22.3. The Morgan fingerprint density at radius 1 is 1.03 bits per heavy atom. The monoisotopic (exact) mass is 449 g/mol. The molecule has 3 aromatic rings. The number of benzene rings is 2. The zero-order valence-electron chi connectivity index (χ0n) is 18.0. The molecule has 1 unspecified atom stereocenters. The Hall–Kier alpha value is -3.16. The minimum Gasteiger partial charge on any atom is -0.497 e. The number of hydrogen-bond acceptors (Lipinski definition) is 5. The van der Waals surface area contributed by atoms with E-state index in [1.807, 2.05) is 23.6 Å². The third-order valence-electron chi connectivity index (χ3n) is 5.74. The molecule has 2 N–H and O–H groups in total. The smallest absolute Gasteiger partial charge is 0.256 e. The Morgan fingerprint density at radius 2 is 1.78 bits per heavy atom. The molecule has 0 aliphatic carbocycles. The van der Waals surface area contributed by atoms with Crippen molar-refractivity contribution in [2.75, 3.05) is 32.1 Å². The van der Waals surface area contributed by atoms with Gasteiger partial charge in [0, 0.05) is 11.9 Å². The fourth-order valence-corrected chi connectivity index (χ4v) is 4.64. The van der Waals surface area contributed by atoms with Crippen LogP contribution < -0.4 is 15.4 Å². The van der Waals surface area contributed by atoms with Gasteiger partial charge in [0.05, 0.1) is 30.0 Å². The summed E-state index contributed by atoms with van der Waals surface area (Å²) in [5.74, 6) is 0.386. The second-order valence-electron chi connectivity index (χ2n) is 7.75. The summed E-state index contributed by atoms with van der Waals surface area (Å²) in [6, 6.07) is 17.0. The molecule has 0 bridgehead atoms. The average Bonchev–Trinajstić information content (AvgIpc) is 3.55. The van der Waals surface area contributed by atoms with E-state index in [1.54, 1.807) is 36.8 Å². The SMILES string of the molecule is COc1ccc(C(CNC(=O)c2ccccc2NC(=O)c2ccsc2)N2CCCC2)cc1. The van der Waals surface area contributed by atoms with E-state index in [2.05, 4.69) is 27.7 Å². The maximum atomic E-state index is 13.1. The lowest BCUT2D eigenvalue weighted by Gasteiger charge is -2.28. The summed E-state index contributed by atoms with van der Waals surface area (Å²) in [7, 11) is 1.65. The molecule has 32 heavy (non-hydrogen) atoms. The normalized spacial score (nSPS) is 14.7. The fourth-order valence-electron chi connectivity index (χ4n) is 4.00. The van der Waals surface area contributed by atoms with Crippen molar-refractivity contribution < 1.29 is 14.3 Å². The van der Waals surface area contributed by atoms with Gasteiger partial charge in [-0.15, -0.1) is 0 Å². The molecule has 0 saturated carbocycles. The number of nitrogens with zero attached hydrogens (tertiary/aromatic N) is 1. The van der Waals surface area contributed by atoms with Crippen LogP contribution >= 0.6 is 11.3 Å². The first-order valence-electron chi connectivity index (χ1n) is 10.7. The van der Waals surface area contributed by atoms with Crippen LogP contribution in [0.4, 0.5) is 5.69 Å². The Balaban J connectivity index is 1.48. The average molecular weight is 450 g/mol. The number of nitrogens with one attached hydrogen (secondary N) is 2. The lowest BCUT2D eigenvalue weighted by molar-refractivity contribution is 0.0938. The maximum Gasteiger partial charge on any atom is 0.256 e. The third-order valence-corrected chi connectivity index (χ3v) is 6.42.